The van der Waals surface area contributed by atoms with Crippen LogP contribution in [0, 0.1) is 5.92 Å². The lowest BCUT2D eigenvalue weighted by atomic mass is 10.0. The number of hydrogen-bond acceptors (Lipinski definition) is 4. The van der Waals surface area contributed by atoms with Crippen molar-refractivity contribution < 1.29 is 9.84 Å². The molecular weight excluding hydrogens is 304 g/mol. The standard InChI is InChI=1S/C18H38N4O2/c1-3-7-17(8-13-23)16-21-18(19-4-2)20-9-5-6-10-22-11-14-24-15-12-22/h17,23H,3-16H2,1-2H3,(H2,19,20,21). The molecule has 142 valence electrons. The third kappa shape index (κ3) is 10.1. The van der Waals surface area contributed by atoms with Crippen molar-refractivity contribution in [3.63, 3.8) is 0 Å². The van der Waals surface area contributed by atoms with Crippen LogP contribution in [0.25, 0.3) is 0 Å². The molecule has 1 saturated heterocycles. The molecule has 0 amide bonds. The third-order valence-corrected chi connectivity index (χ3v) is 4.38. The van der Waals surface area contributed by atoms with E-state index >= 15 is 0 Å². The summed E-state index contributed by atoms with van der Waals surface area (Å²) in [6.07, 6.45) is 5.47. The van der Waals surface area contributed by atoms with Gasteiger partial charge in [-0.3, -0.25) is 9.89 Å². The highest BCUT2D eigenvalue weighted by molar-refractivity contribution is 5.79. The van der Waals surface area contributed by atoms with E-state index in [0.29, 0.717) is 5.92 Å². The number of rotatable bonds is 12. The van der Waals surface area contributed by atoms with E-state index in [9.17, 15) is 0 Å². The molecule has 24 heavy (non-hydrogen) atoms. The molecule has 6 nitrogen and oxygen atoms in total. The van der Waals surface area contributed by atoms with E-state index in [-0.39, 0.29) is 6.61 Å². The number of aliphatic hydroxyl groups is 1. The summed E-state index contributed by atoms with van der Waals surface area (Å²) in [5.74, 6) is 1.39. The van der Waals surface area contributed by atoms with Crippen LogP contribution in [0.15, 0.2) is 4.99 Å². The summed E-state index contributed by atoms with van der Waals surface area (Å²) in [5, 5.41) is 15.9. The molecule has 0 spiro atoms. The van der Waals surface area contributed by atoms with Gasteiger partial charge < -0.3 is 20.5 Å². The Kier molecular flexibility index (Phi) is 12.8. The first-order valence-corrected chi connectivity index (χ1v) is 9.73. The van der Waals surface area contributed by atoms with Crippen molar-refractivity contribution in [2.75, 3.05) is 59.1 Å². The zero-order valence-electron chi connectivity index (χ0n) is 15.7. The van der Waals surface area contributed by atoms with Crippen LogP contribution in [-0.4, -0.2) is 75.1 Å². The second kappa shape index (κ2) is 14.5. The maximum absolute atomic E-state index is 9.15. The normalized spacial score (nSPS) is 17.7. The number of aliphatic hydroxyl groups excluding tert-OH is 1. The maximum Gasteiger partial charge on any atom is 0.191 e. The van der Waals surface area contributed by atoms with Crippen molar-refractivity contribution in [1.29, 1.82) is 0 Å². The molecule has 0 bridgehead atoms. The summed E-state index contributed by atoms with van der Waals surface area (Å²) in [6.45, 7) is 12.2. The molecule has 0 aromatic rings. The molecule has 3 N–H and O–H groups in total. The Labute approximate surface area is 148 Å². The van der Waals surface area contributed by atoms with Gasteiger partial charge in [-0.2, -0.15) is 0 Å². The van der Waals surface area contributed by atoms with Crippen molar-refractivity contribution in [2.24, 2.45) is 10.9 Å². The van der Waals surface area contributed by atoms with Crippen molar-refractivity contribution in [3.05, 3.63) is 0 Å². The Hall–Kier alpha value is -0.850. The predicted molar refractivity (Wildman–Crippen MR) is 101 cm³/mol. The monoisotopic (exact) mass is 342 g/mol. The van der Waals surface area contributed by atoms with Gasteiger partial charge in [0.2, 0.25) is 0 Å². The van der Waals surface area contributed by atoms with Gasteiger partial charge in [-0.25, -0.2) is 0 Å². The largest absolute Gasteiger partial charge is 0.396 e. The van der Waals surface area contributed by atoms with Crippen LogP contribution < -0.4 is 10.6 Å². The van der Waals surface area contributed by atoms with Crippen LogP contribution in [0.2, 0.25) is 0 Å². The highest BCUT2D eigenvalue weighted by Crippen LogP contribution is 2.10. The number of morpholine rings is 1. The number of nitrogens with one attached hydrogen (secondary N) is 2. The maximum atomic E-state index is 9.15. The number of ether oxygens (including phenoxy) is 1. The Balaban J connectivity index is 2.21. The zero-order chi connectivity index (χ0) is 17.5. The van der Waals surface area contributed by atoms with Gasteiger partial charge in [0.05, 0.1) is 13.2 Å². The van der Waals surface area contributed by atoms with Crippen molar-refractivity contribution in [3.8, 4) is 0 Å². The lowest BCUT2D eigenvalue weighted by Gasteiger charge is -2.26. The van der Waals surface area contributed by atoms with E-state index in [4.69, 9.17) is 14.8 Å². The minimum absolute atomic E-state index is 0.256. The molecule has 0 aromatic carbocycles. The van der Waals surface area contributed by atoms with Crippen LogP contribution in [0.1, 0.15) is 46.0 Å². The Morgan fingerprint density at radius 3 is 2.62 bits per heavy atom. The van der Waals surface area contributed by atoms with E-state index in [1.807, 2.05) is 0 Å². The second-order valence-electron chi connectivity index (χ2n) is 6.47. The minimum atomic E-state index is 0.256. The molecule has 0 aliphatic carbocycles. The lowest BCUT2D eigenvalue weighted by Crippen LogP contribution is -2.39. The topological polar surface area (TPSA) is 69.1 Å². The number of hydrogen-bond donors (Lipinski definition) is 3. The number of nitrogens with zero attached hydrogens (tertiary/aromatic N) is 2. The average Bonchev–Trinajstić information content (AvgIpc) is 2.60. The van der Waals surface area contributed by atoms with Crippen LogP contribution in [0.3, 0.4) is 0 Å². The van der Waals surface area contributed by atoms with Crippen molar-refractivity contribution in [1.82, 2.24) is 15.5 Å². The molecule has 1 aliphatic rings. The first-order chi connectivity index (χ1) is 11.8. The van der Waals surface area contributed by atoms with Gasteiger partial charge in [0.1, 0.15) is 0 Å². The molecule has 0 saturated carbocycles. The molecule has 1 fully saturated rings. The highest BCUT2D eigenvalue weighted by Gasteiger charge is 2.09. The van der Waals surface area contributed by atoms with Gasteiger partial charge in [0.15, 0.2) is 5.96 Å². The van der Waals surface area contributed by atoms with Gasteiger partial charge in [-0.15, -0.1) is 0 Å². The van der Waals surface area contributed by atoms with E-state index in [1.54, 1.807) is 0 Å². The predicted octanol–water partition coefficient (Wildman–Crippen LogP) is 1.45. The van der Waals surface area contributed by atoms with Crippen molar-refractivity contribution in [2.45, 2.75) is 46.0 Å². The fourth-order valence-electron chi connectivity index (χ4n) is 2.97. The molecule has 1 aliphatic heterocycles. The first-order valence-electron chi connectivity index (χ1n) is 9.73. The molecule has 1 atom stereocenters. The van der Waals surface area contributed by atoms with Crippen LogP contribution in [0.5, 0.6) is 0 Å². The summed E-state index contributed by atoms with van der Waals surface area (Å²) in [7, 11) is 0. The van der Waals surface area contributed by atoms with E-state index < -0.39 is 0 Å². The fourth-order valence-corrected chi connectivity index (χ4v) is 2.97. The van der Waals surface area contributed by atoms with Gasteiger partial charge in [0, 0.05) is 39.3 Å². The van der Waals surface area contributed by atoms with Crippen molar-refractivity contribution >= 4 is 5.96 Å². The van der Waals surface area contributed by atoms with Crippen LogP contribution >= 0.6 is 0 Å². The molecule has 1 unspecified atom stereocenters. The molecule has 0 aromatic heterocycles. The Morgan fingerprint density at radius 1 is 1.17 bits per heavy atom. The summed E-state index contributed by atoms with van der Waals surface area (Å²) in [6, 6.07) is 0. The summed E-state index contributed by atoms with van der Waals surface area (Å²) < 4.78 is 5.37. The first kappa shape index (κ1) is 21.2. The Morgan fingerprint density at radius 2 is 1.96 bits per heavy atom. The molecular formula is C18H38N4O2. The van der Waals surface area contributed by atoms with Gasteiger partial charge in [-0.1, -0.05) is 13.3 Å². The Bertz CT molecular complexity index is 314. The number of guanidine groups is 1. The average molecular weight is 343 g/mol. The minimum Gasteiger partial charge on any atom is -0.396 e. The third-order valence-electron chi connectivity index (χ3n) is 4.38. The summed E-state index contributed by atoms with van der Waals surface area (Å²) >= 11 is 0. The van der Waals surface area contributed by atoms with Crippen LogP contribution in [-0.2, 0) is 4.74 Å². The zero-order valence-corrected chi connectivity index (χ0v) is 15.7. The molecule has 6 heteroatoms. The lowest BCUT2D eigenvalue weighted by molar-refractivity contribution is 0.0372. The van der Waals surface area contributed by atoms with Gasteiger partial charge >= 0.3 is 0 Å². The molecule has 1 rings (SSSR count). The molecule has 1 heterocycles. The van der Waals surface area contributed by atoms with Crippen LogP contribution in [0.4, 0.5) is 0 Å². The SMILES string of the molecule is CCCC(CCO)CN=C(NCC)NCCCCN1CCOCC1. The molecule has 0 radical (unpaired) electrons. The fraction of sp³-hybridized carbons (Fsp3) is 0.944. The quantitative estimate of drug-likeness (QED) is 0.285. The van der Waals surface area contributed by atoms with E-state index in [0.717, 1.165) is 84.1 Å². The van der Waals surface area contributed by atoms with Gasteiger partial charge in [-0.05, 0) is 45.1 Å². The smallest absolute Gasteiger partial charge is 0.191 e. The number of unbranched alkanes of at least 4 members (excludes halogenated alkanes) is 1. The second-order valence-corrected chi connectivity index (χ2v) is 6.47. The highest BCUT2D eigenvalue weighted by atomic mass is 16.5. The number of aliphatic imine (C=N–C) groups is 1. The summed E-state index contributed by atoms with van der Waals surface area (Å²) in [5.41, 5.74) is 0. The summed E-state index contributed by atoms with van der Waals surface area (Å²) in [4.78, 5) is 7.17. The van der Waals surface area contributed by atoms with E-state index in [2.05, 4.69) is 29.4 Å². The van der Waals surface area contributed by atoms with E-state index in [1.165, 1.54) is 6.42 Å². The van der Waals surface area contributed by atoms with Gasteiger partial charge in [0.25, 0.3) is 0 Å².